The number of hydrogen-bond donors (Lipinski definition) is 1. The number of nitrogens with zero attached hydrogens (tertiary/aromatic N) is 3. The van der Waals surface area contributed by atoms with Gasteiger partial charge in [-0.05, 0) is 30.0 Å². The number of carbonyl (C=O) groups excluding carboxylic acids is 2. The molecule has 0 radical (unpaired) electrons. The van der Waals surface area contributed by atoms with Gasteiger partial charge < -0.3 is 10.2 Å². The Labute approximate surface area is 157 Å². The molecule has 0 spiro atoms. The van der Waals surface area contributed by atoms with Crippen molar-refractivity contribution >= 4 is 23.2 Å². The van der Waals surface area contributed by atoms with Gasteiger partial charge in [-0.3, -0.25) is 19.5 Å². The van der Waals surface area contributed by atoms with E-state index in [0.717, 1.165) is 38.4 Å². The molecule has 3 heterocycles. The molecular formula is C19H24N4O2S. The van der Waals surface area contributed by atoms with Crippen LogP contribution in [0.25, 0.3) is 0 Å². The SMILES string of the molecule is O=C(NCCCC(=O)N1CCN(Cc2ccccn2)CC1)c1ccsc1. The molecule has 0 unspecified atom stereocenters. The number of pyridine rings is 1. The van der Waals surface area contributed by atoms with Crippen molar-refractivity contribution in [2.75, 3.05) is 32.7 Å². The van der Waals surface area contributed by atoms with Gasteiger partial charge in [0.1, 0.15) is 0 Å². The van der Waals surface area contributed by atoms with Crippen LogP contribution in [0, 0.1) is 0 Å². The zero-order valence-electron chi connectivity index (χ0n) is 14.8. The van der Waals surface area contributed by atoms with Gasteiger partial charge in [0.15, 0.2) is 0 Å². The molecule has 2 aromatic heterocycles. The van der Waals surface area contributed by atoms with E-state index in [0.29, 0.717) is 24.9 Å². The normalized spacial score (nSPS) is 15.0. The van der Waals surface area contributed by atoms with Gasteiger partial charge in [0.2, 0.25) is 5.91 Å². The Balaban J connectivity index is 1.31. The second-order valence-corrected chi connectivity index (χ2v) is 7.13. The number of amides is 2. The smallest absolute Gasteiger partial charge is 0.252 e. The fourth-order valence-electron chi connectivity index (χ4n) is 2.97. The minimum Gasteiger partial charge on any atom is -0.352 e. The van der Waals surface area contributed by atoms with Crippen molar-refractivity contribution in [1.29, 1.82) is 0 Å². The molecular weight excluding hydrogens is 348 g/mol. The van der Waals surface area contributed by atoms with Crippen molar-refractivity contribution in [3.8, 4) is 0 Å². The highest BCUT2D eigenvalue weighted by Crippen LogP contribution is 2.09. The number of thiophene rings is 1. The molecule has 138 valence electrons. The molecule has 0 saturated carbocycles. The molecule has 1 aliphatic rings. The molecule has 6 nitrogen and oxygen atoms in total. The van der Waals surface area contributed by atoms with E-state index < -0.39 is 0 Å². The summed E-state index contributed by atoms with van der Waals surface area (Å²) in [6.45, 7) is 4.62. The van der Waals surface area contributed by atoms with E-state index in [-0.39, 0.29) is 11.8 Å². The first-order valence-electron chi connectivity index (χ1n) is 8.93. The van der Waals surface area contributed by atoms with E-state index >= 15 is 0 Å². The highest BCUT2D eigenvalue weighted by atomic mass is 32.1. The molecule has 1 fully saturated rings. The van der Waals surface area contributed by atoms with Crippen LogP contribution in [-0.2, 0) is 11.3 Å². The van der Waals surface area contributed by atoms with Crippen molar-refractivity contribution in [1.82, 2.24) is 20.1 Å². The standard InChI is InChI=1S/C19H24N4O2S/c24-18(5-3-8-21-19(25)16-6-13-26-15-16)23-11-9-22(10-12-23)14-17-4-1-2-7-20-17/h1-2,4,6-7,13,15H,3,5,8-12,14H2,(H,21,25). The van der Waals surface area contributed by atoms with Gasteiger partial charge in [-0.1, -0.05) is 6.07 Å². The summed E-state index contributed by atoms with van der Waals surface area (Å²) in [5, 5.41) is 6.56. The zero-order chi connectivity index (χ0) is 18.2. The highest BCUT2D eigenvalue weighted by molar-refractivity contribution is 7.08. The highest BCUT2D eigenvalue weighted by Gasteiger charge is 2.21. The summed E-state index contributed by atoms with van der Waals surface area (Å²) in [4.78, 5) is 32.8. The second kappa shape index (κ2) is 9.45. The molecule has 1 aliphatic heterocycles. The average molecular weight is 372 g/mol. The van der Waals surface area contributed by atoms with Crippen LogP contribution in [0.2, 0.25) is 0 Å². The molecule has 2 amide bonds. The molecule has 7 heteroatoms. The zero-order valence-corrected chi connectivity index (χ0v) is 15.6. The number of nitrogens with one attached hydrogen (secondary N) is 1. The molecule has 0 atom stereocenters. The third kappa shape index (κ3) is 5.37. The molecule has 0 aliphatic carbocycles. The lowest BCUT2D eigenvalue weighted by molar-refractivity contribution is -0.133. The van der Waals surface area contributed by atoms with Crippen LogP contribution in [-0.4, -0.2) is 59.3 Å². The van der Waals surface area contributed by atoms with E-state index in [9.17, 15) is 9.59 Å². The van der Waals surface area contributed by atoms with Crippen molar-refractivity contribution < 1.29 is 9.59 Å². The Bertz CT molecular complexity index is 698. The van der Waals surface area contributed by atoms with Crippen LogP contribution in [0.15, 0.2) is 41.2 Å². The van der Waals surface area contributed by atoms with E-state index in [1.54, 1.807) is 6.07 Å². The van der Waals surface area contributed by atoms with Crippen LogP contribution in [0.3, 0.4) is 0 Å². The third-order valence-electron chi connectivity index (χ3n) is 4.47. The van der Waals surface area contributed by atoms with Crippen molar-refractivity contribution in [3.63, 3.8) is 0 Å². The largest absolute Gasteiger partial charge is 0.352 e. The Hall–Kier alpha value is -2.25. The maximum Gasteiger partial charge on any atom is 0.252 e. The fourth-order valence-corrected chi connectivity index (χ4v) is 3.61. The summed E-state index contributed by atoms with van der Waals surface area (Å²) < 4.78 is 0. The number of aromatic nitrogens is 1. The van der Waals surface area contributed by atoms with Gasteiger partial charge in [-0.15, -0.1) is 0 Å². The number of piperazine rings is 1. The Morgan fingerprint density at radius 1 is 1.15 bits per heavy atom. The Kier molecular flexibility index (Phi) is 6.74. The minimum absolute atomic E-state index is 0.0677. The maximum atomic E-state index is 12.3. The average Bonchev–Trinajstić information content (AvgIpc) is 3.21. The predicted molar refractivity (Wildman–Crippen MR) is 102 cm³/mol. The van der Waals surface area contributed by atoms with E-state index in [1.165, 1.54) is 11.3 Å². The lowest BCUT2D eigenvalue weighted by Crippen LogP contribution is -2.48. The summed E-state index contributed by atoms with van der Waals surface area (Å²) in [6.07, 6.45) is 2.96. The van der Waals surface area contributed by atoms with Gasteiger partial charge in [0, 0.05) is 62.8 Å². The first kappa shape index (κ1) is 18.5. The molecule has 1 saturated heterocycles. The van der Waals surface area contributed by atoms with Gasteiger partial charge in [-0.25, -0.2) is 0 Å². The van der Waals surface area contributed by atoms with Gasteiger partial charge in [0.05, 0.1) is 5.69 Å². The summed E-state index contributed by atoms with van der Waals surface area (Å²) in [6, 6.07) is 7.75. The van der Waals surface area contributed by atoms with Crippen LogP contribution < -0.4 is 5.32 Å². The van der Waals surface area contributed by atoms with E-state index in [2.05, 4.69) is 15.2 Å². The Morgan fingerprint density at radius 3 is 2.69 bits per heavy atom. The molecule has 3 rings (SSSR count). The van der Waals surface area contributed by atoms with Crippen LogP contribution in [0.4, 0.5) is 0 Å². The molecule has 1 N–H and O–H groups in total. The van der Waals surface area contributed by atoms with Crippen molar-refractivity contribution in [2.24, 2.45) is 0 Å². The summed E-state index contributed by atoms with van der Waals surface area (Å²) in [7, 11) is 0. The molecule has 0 aromatic carbocycles. The van der Waals surface area contributed by atoms with Crippen molar-refractivity contribution in [3.05, 3.63) is 52.5 Å². The number of hydrogen-bond acceptors (Lipinski definition) is 5. The maximum absolute atomic E-state index is 12.3. The van der Waals surface area contributed by atoms with E-state index in [1.807, 2.05) is 40.1 Å². The van der Waals surface area contributed by atoms with Gasteiger partial charge in [0.25, 0.3) is 5.91 Å². The van der Waals surface area contributed by atoms with Gasteiger partial charge in [-0.2, -0.15) is 11.3 Å². The van der Waals surface area contributed by atoms with Crippen LogP contribution in [0.5, 0.6) is 0 Å². The second-order valence-electron chi connectivity index (χ2n) is 6.35. The predicted octanol–water partition coefficient (Wildman–Crippen LogP) is 2.00. The number of carbonyl (C=O) groups is 2. The quantitative estimate of drug-likeness (QED) is 0.755. The third-order valence-corrected chi connectivity index (χ3v) is 5.16. The Morgan fingerprint density at radius 2 is 2.00 bits per heavy atom. The monoisotopic (exact) mass is 372 g/mol. The van der Waals surface area contributed by atoms with E-state index in [4.69, 9.17) is 0 Å². The fraction of sp³-hybridized carbons (Fsp3) is 0.421. The topological polar surface area (TPSA) is 65.5 Å². The van der Waals surface area contributed by atoms with Crippen molar-refractivity contribution in [2.45, 2.75) is 19.4 Å². The molecule has 26 heavy (non-hydrogen) atoms. The lowest BCUT2D eigenvalue weighted by Gasteiger charge is -2.34. The molecule has 0 bridgehead atoms. The summed E-state index contributed by atoms with van der Waals surface area (Å²) in [5.74, 6) is 0.106. The summed E-state index contributed by atoms with van der Waals surface area (Å²) >= 11 is 1.50. The first-order valence-corrected chi connectivity index (χ1v) is 9.87. The number of rotatable bonds is 7. The van der Waals surface area contributed by atoms with Crippen LogP contribution >= 0.6 is 11.3 Å². The van der Waals surface area contributed by atoms with Crippen LogP contribution in [0.1, 0.15) is 28.9 Å². The minimum atomic E-state index is -0.0677. The molecule has 2 aromatic rings. The first-order chi connectivity index (χ1) is 12.7. The van der Waals surface area contributed by atoms with Gasteiger partial charge >= 0.3 is 0 Å². The lowest BCUT2D eigenvalue weighted by atomic mass is 10.2. The summed E-state index contributed by atoms with van der Waals surface area (Å²) in [5.41, 5.74) is 1.75.